The number of rotatable bonds is 1. The first-order valence-electron chi connectivity index (χ1n) is 5.37. The van der Waals surface area contributed by atoms with Gasteiger partial charge in [0.1, 0.15) is 6.10 Å². The average molecular weight is 217 g/mol. The van der Waals surface area contributed by atoms with Crippen LogP contribution in [-0.2, 0) is 4.74 Å². The predicted molar refractivity (Wildman–Crippen MR) is 63.5 cm³/mol. The molecule has 1 amide bonds. The Labute approximate surface area is 95.3 Å². The van der Waals surface area contributed by atoms with Crippen molar-refractivity contribution in [3.8, 4) is 0 Å². The second kappa shape index (κ2) is 4.39. The molecule has 1 aromatic rings. The van der Waals surface area contributed by atoms with E-state index in [1.165, 1.54) is 0 Å². The number of carbonyl (C=O) groups is 1. The van der Waals surface area contributed by atoms with Crippen molar-refractivity contribution in [3.05, 3.63) is 42.0 Å². The van der Waals surface area contributed by atoms with E-state index in [-0.39, 0.29) is 12.2 Å². The van der Waals surface area contributed by atoms with Crippen LogP contribution in [-0.4, -0.2) is 18.7 Å². The van der Waals surface area contributed by atoms with E-state index in [1.807, 2.05) is 50.3 Å². The first kappa shape index (κ1) is 10.7. The van der Waals surface area contributed by atoms with Gasteiger partial charge in [-0.3, -0.25) is 4.90 Å². The van der Waals surface area contributed by atoms with E-state index in [0.29, 0.717) is 6.54 Å². The average Bonchev–Trinajstić information content (AvgIpc) is 2.38. The van der Waals surface area contributed by atoms with Crippen molar-refractivity contribution in [2.45, 2.75) is 20.0 Å². The van der Waals surface area contributed by atoms with E-state index in [1.54, 1.807) is 4.90 Å². The number of nitrogens with zero attached hydrogens (tertiary/aromatic N) is 1. The number of carbonyl (C=O) groups excluding carboxylic acids is 1. The lowest BCUT2D eigenvalue weighted by molar-refractivity contribution is 0.137. The number of hydrogen-bond acceptors (Lipinski definition) is 2. The number of para-hydroxylation sites is 1. The van der Waals surface area contributed by atoms with Gasteiger partial charge in [0, 0.05) is 5.69 Å². The normalized spacial score (nSPS) is 21.1. The molecule has 1 aliphatic heterocycles. The van der Waals surface area contributed by atoms with Crippen LogP contribution in [0.25, 0.3) is 0 Å². The van der Waals surface area contributed by atoms with Crippen molar-refractivity contribution in [1.82, 2.24) is 0 Å². The molecular formula is C13H15NO2. The summed E-state index contributed by atoms with van der Waals surface area (Å²) in [7, 11) is 0. The quantitative estimate of drug-likeness (QED) is 0.677. The Balaban J connectivity index is 2.28. The van der Waals surface area contributed by atoms with Crippen molar-refractivity contribution < 1.29 is 9.53 Å². The molecule has 0 saturated carbocycles. The maximum absolute atomic E-state index is 11.8. The van der Waals surface area contributed by atoms with Crippen molar-refractivity contribution >= 4 is 11.8 Å². The maximum Gasteiger partial charge on any atom is 0.415 e. The summed E-state index contributed by atoms with van der Waals surface area (Å²) in [6, 6.07) is 9.57. The number of ether oxygens (including phenoxy) is 1. The molecule has 0 fully saturated rings. The Bertz CT molecular complexity index is 411. The molecule has 1 unspecified atom stereocenters. The fourth-order valence-corrected chi connectivity index (χ4v) is 1.83. The van der Waals surface area contributed by atoms with Gasteiger partial charge in [0.25, 0.3) is 0 Å². The van der Waals surface area contributed by atoms with E-state index in [9.17, 15) is 4.79 Å². The minimum Gasteiger partial charge on any atom is -0.442 e. The molecule has 0 aliphatic carbocycles. The first-order valence-corrected chi connectivity index (χ1v) is 5.37. The summed E-state index contributed by atoms with van der Waals surface area (Å²) in [5, 5.41) is 0. The van der Waals surface area contributed by atoms with Gasteiger partial charge in [-0.05, 0) is 32.1 Å². The molecule has 0 aromatic heterocycles. The fourth-order valence-electron chi connectivity index (χ4n) is 1.83. The van der Waals surface area contributed by atoms with Crippen molar-refractivity contribution in [2.24, 2.45) is 0 Å². The standard InChI is InChI=1S/C13H15NO2/c1-10-8-11(2)16-13(15)14(9-10)12-6-4-3-5-7-12/h3-8,11H,9H2,1-2H3. The van der Waals surface area contributed by atoms with Gasteiger partial charge < -0.3 is 4.74 Å². The molecule has 2 rings (SSSR count). The second-order valence-electron chi connectivity index (χ2n) is 4.02. The van der Waals surface area contributed by atoms with Crippen LogP contribution < -0.4 is 4.90 Å². The second-order valence-corrected chi connectivity index (χ2v) is 4.02. The molecule has 3 heteroatoms. The van der Waals surface area contributed by atoms with Gasteiger partial charge in [0.15, 0.2) is 0 Å². The minimum atomic E-state index is -0.285. The lowest BCUT2D eigenvalue weighted by Gasteiger charge is -2.20. The lowest BCUT2D eigenvalue weighted by Crippen LogP contribution is -2.32. The molecule has 3 nitrogen and oxygen atoms in total. The highest BCUT2D eigenvalue weighted by molar-refractivity contribution is 5.88. The van der Waals surface area contributed by atoms with E-state index in [2.05, 4.69) is 0 Å². The topological polar surface area (TPSA) is 29.5 Å². The third-order valence-electron chi connectivity index (χ3n) is 2.50. The van der Waals surface area contributed by atoms with Gasteiger partial charge in [0.2, 0.25) is 0 Å². The minimum absolute atomic E-state index is 0.152. The van der Waals surface area contributed by atoms with E-state index in [0.717, 1.165) is 11.3 Å². The highest BCUT2D eigenvalue weighted by Crippen LogP contribution is 2.19. The van der Waals surface area contributed by atoms with Crippen LogP contribution in [0.15, 0.2) is 42.0 Å². The summed E-state index contributed by atoms with van der Waals surface area (Å²) >= 11 is 0. The summed E-state index contributed by atoms with van der Waals surface area (Å²) in [4.78, 5) is 13.5. The summed E-state index contributed by atoms with van der Waals surface area (Å²) in [6.07, 6.45) is 1.54. The zero-order valence-electron chi connectivity index (χ0n) is 9.51. The number of cyclic esters (lactones) is 1. The molecule has 0 saturated heterocycles. The summed E-state index contributed by atoms with van der Waals surface area (Å²) in [5.41, 5.74) is 2.01. The number of amides is 1. The third-order valence-corrected chi connectivity index (χ3v) is 2.50. The molecule has 1 aliphatic rings. The van der Waals surface area contributed by atoms with Crippen LogP contribution in [0.3, 0.4) is 0 Å². The predicted octanol–water partition coefficient (Wildman–Crippen LogP) is 2.98. The summed E-state index contributed by atoms with van der Waals surface area (Å²) in [5.74, 6) is 0. The molecule has 0 spiro atoms. The molecule has 0 bridgehead atoms. The largest absolute Gasteiger partial charge is 0.442 e. The van der Waals surface area contributed by atoms with Crippen LogP contribution in [0.5, 0.6) is 0 Å². The zero-order valence-corrected chi connectivity index (χ0v) is 9.51. The third kappa shape index (κ3) is 2.24. The molecule has 1 aromatic carbocycles. The lowest BCUT2D eigenvalue weighted by atomic mass is 10.2. The Morgan fingerprint density at radius 2 is 2.00 bits per heavy atom. The Morgan fingerprint density at radius 1 is 1.31 bits per heavy atom. The smallest absolute Gasteiger partial charge is 0.415 e. The Hall–Kier alpha value is -1.77. The highest BCUT2D eigenvalue weighted by atomic mass is 16.6. The van der Waals surface area contributed by atoms with Gasteiger partial charge in [-0.2, -0.15) is 0 Å². The van der Waals surface area contributed by atoms with Gasteiger partial charge in [0.05, 0.1) is 6.54 Å². The first-order chi connectivity index (χ1) is 7.66. The molecular weight excluding hydrogens is 202 g/mol. The molecule has 0 radical (unpaired) electrons. The maximum atomic E-state index is 11.8. The molecule has 0 N–H and O–H groups in total. The van der Waals surface area contributed by atoms with Gasteiger partial charge in [-0.25, -0.2) is 4.79 Å². The van der Waals surface area contributed by atoms with Gasteiger partial charge >= 0.3 is 6.09 Å². The van der Waals surface area contributed by atoms with E-state index in [4.69, 9.17) is 4.74 Å². The number of hydrogen-bond donors (Lipinski definition) is 0. The number of benzene rings is 1. The van der Waals surface area contributed by atoms with E-state index < -0.39 is 0 Å². The summed E-state index contributed by atoms with van der Waals surface area (Å²) in [6.45, 7) is 4.47. The van der Waals surface area contributed by atoms with Crippen molar-refractivity contribution in [1.29, 1.82) is 0 Å². The van der Waals surface area contributed by atoms with Crippen LogP contribution >= 0.6 is 0 Å². The van der Waals surface area contributed by atoms with Crippen molar-refractivity contribution in [2.75, 3.05) is 11.4 Å². The van der Waals surface area contributed by atoms with Crippen LogP contribution in [0.2, 0.25) is 0 Å². The fraction of sp³-hybridized carbons (Fsp3) is 0.308. The Morgan fingerprint density at radius 3 is 2.69 bits per heavy atom. The monoisotopic (exact) mass is 217 g/mol. The molecule has 16 heavy (non-hydrogen) atoms. The highest BCUT2D eigenvalue weighted by Gasteiger charge is 2.22. The van der Waals surface area contributed by atoms with Crippen LogP contribution in [0.4, 0.5) is 10.5 Å². The van der Waals surface area contributed by atoms with E-state index >= 15 is 0 Å². The SMILES string of the molecule is CC1=CC(C)OC(=O)N(c2ccccc2)C1. The summed E-state index contributed by atoms with van der Waals surface area (Å²) < 4.78 is 5.26. The molecule has 84 valence electrons. The van der Waals surface area contributed by atoms with Gasteiger partial charge in [-0.1, -0.05) is 23.8 Å². The van der Waals surface area contributed by atoms with Crippen LogP contribution in [0.1, 0.15) is 13.8 Å². The molecule has 1 atom stereocenters. The Kier molecular flexibility index (Phi) is 2.95. The molecule has 1 heterocycles. The van der Waals surface area contributed by atoms with Crippen LogP contribution in [0, 0.1) is 0 Å². The van der Waals surface area contributed by atoms with Crippen molar-refractivity contribution in [3.63, 3.8) is 0 Å². The number of anilines is 1. The zero-order chi connectivity index (χ0) is 11.5. The van der Waals surface area contributed by atoms with Gasteiger partial charge in [-0.15, -0.1) is 0 Å².